The van der Waals surface area contributed by atoms with Gasteiger partial charge in [-0.2, -0.15) is 0 Å². The summed E-state index contributed by atoms with van der Waals surface area (Å²) in [6, 6.07) is 8.13. The molecule has 0 aliphatic carbocycles. The Kier molecular flexibility index (Phi) is 4.96. The molecule has 0 bridgehead atoms. The van der Waals surface area contributed by atoms with Crippen molar-refractivity contribution in [2.75, 3.05) is 5.32 Å². The van der Waals surface area contributed by atoms with Gasteiger partial charge in [0.1, 0.15) is 0 Å². The standard InChI is InChI=1S/C16H17N5OS2/c1-10-6-4-5-7-13(10)14-19-20-16(21(14)3)24-9-12-8-23-15(18-12)17-11(2)22/h4-8H,9H2,1-3H3,(H,17,18,22). The topological polar surface area (TPSA) is 72.7 Å². The van der Waals surface area contributed by atoms with E-state index in [9.17, 15) is 4.79 Å². The molecule has 0 unspecified atom stereocenters. The van der Waals surface area contributed by atoms with Gasteiger partial charge in [0, 0.05) is 30.7 Å². The summed E-state index contributed by atoms with van der Waals surface area (Å²) in [4.78, 5) is 15.4. The van der Waals surface area contributed by atoms with Gasteiger partial charge in [0.05, 0.1) is 5.69 Å². The van der Waals surface area contributed by atoms with Crippen molar-refractivity contribution in [3.05, 3.63) is 40.9 Å². The van der Waals surface area contributed by atoms with Crippen LogP contribution in [0.1, 0.15) is 18.2 Å². The van der Waals surface area contributed by atoms with E-state index in [-0.39, 0.29) is 5.91 Å². The van der Waals surface area contributed by atoms with Crippen molar-refractivity contribution >= 4 is 34.1 Å². The summed E-state index contributed by atoms with van der Waals surface area (Å²) in [6.45, 7) is 3.54. The number of anilines is 1. The number of nitrogens with zero attached hydrogens (tertiary/aromatic N) is 4. The fourth-order valence-corrected chi connectivity index (χ4v) is 3.88. The first-order valence-corrected chi connectivity index (χ1v) is 9.21. The number of aryl methyl sites for hydroxylation is 1. The van der Waals surface area contributed by atoms with Gasteiger partial charge in [-0.05, 0) is 12.5 Å². The highest BCUT2D eigenvalue weighted by molar-refractivity contribution is 7.98. The molecule has 3 rings (SSSR count). The molecular weight excluding hydrogens is 342 g/mol. The Balaban J connectivity index is 1.72. The maximum Gasteiger partial charge on any atom is 0.223 e. The lowest BCUT2D eigenvalue weighted by atomic mass is 10.1. The Bertz CT molecular complexity index is 871. The quantitative estimate of drug-likeness (QED) is 0.706. The molecule has 1 N–H and O–H groups in total. The van der Waals surface area contributed by atoms with Crippen molar-refractivity contribution in [2.45, 2.75) is 24.8 Å². The van der Waals surface area contributed by atoms with Gasteiger partial charge in [0.2, 0.25) is 5.91 Å². The van der Waals surface area contributed by atoms with Crippen LogP contribution in [0.2, 0.25) is 0 Å². The average Bonchev–Trinajstić information content (AvgIpc) is 3.12. The Labute approximate surface area is 148 Å². The number of carbonyl (C=O) groups excluding carboxylic acids is 1. The van der Waals surface area contributed by atoms with Crippen molar-refractivity contribution in [2.24, 2.45) is 7.05 Å². The molecule has 2 aromatic heterocycles. The molecule has 0 saturated carbocycles. The SMILES string of the molecule is CC(=O)Nc1nc(CSc2nnc(-c3ccccc3C)n2C)cs1. The molecule has 124 valence electrons. The highest BCUT2D eigenvalue weighted by Gasteiger charge is 2.13. The summed E-state index contributed by atoms with van der Waals surface area (Å²) < 4.78 is 1.99. The van der Waals surface area contributed by atoms with E-state index in [0.29, 0.717) is 10.9 Å². The van der Waals surface area contributed by atoms with Crippen molar-refractivity contribution in [1.29, 1.82) is 0 Å². The van der Waals surface area contributed by atoms with E-state index < -0.39 is 0 Å². The smallest absolute Gasteiger partial charge is 0.223 e. The van der Waals surface area contributed by atoms with Crippen LogP contribution in [0.15, 0.2) is 34.8 Å². The molecule has 1 aromatic carbocycles. The van der Waals surface area contributed by atoms with Gasteiger partial charge in [0.25, 0.3) is 0 Å². The minimum absolute atomic E-state index is 0.111. The van der Waals surface area contributed by atoms with Crippen LogP contribution >= 0.6 is 23.1 Å². The van der Waals surface area contributed by atoms with Crippen LogP contribution in [-0.2, 0) is 17.6 Å². The van der Waals surface area contributed by atoms with Crippen LogP contribution in [-0.4, -0.2) is 25.7 Å². The minimum atomic E-state index is -0.111. The number of carbonyl (C=O) groups is 1. The molecule has 1 amide bonds. The number of hydrogen-bond donors (Lipinski definition) is 1. The number of rotatable bonds is 5. The maximum atomic E-state index is 11.0. The van der Waals surface area contributed by atoms with Gasteiger partial charge < -0.3 is 9.88 Å². The lowest BCUT2D eigenvalue weighted by Crippen LogP contribution is -2.05. The Morgan fingerprint density at radius 1 is 1.33 bits per heavy atom. The molecule has 8 heteroatoms. The van der Waals surface area contributed by atoms with Crippen LogP contribution in [0.25, 0.3) is 11.4 Å². The summed E-state index contributed by atoms with van der Waals surface area (Å²) in [5.74, 6) is 1.42. The Morgan fingerprint density at radius 3 is 2.88 bits per heavy atom. The van der Waals surface area contributed by atoms with Crippen molar-refractivity contribution in [1.82, 2.24) is 19.7 Å². The average molecular weight is 359 g/mol. The fourth-order valence-electron chi connectivity index (χ4n) is 2.22. The molecule has 24 heavy (non-hydrogen) atoms. The van der Waals surface area contributed by atoms with Gasteiger partial charge in [0.15, 0.2) is 16.1 Å². The van der Waals surface area contributed by atoms with E-state index >= 15 is 0 Å². The van der Waals surface area contributed by atoms with Crippen LogP contribution in [0.4, 0.5) is 5.13 Å². The van der Waals surface area contributed by atoms with Crippen molar-refractivity contribution in [3.8, 4) is 11.4 Å². The first kappa shape index (κ1) is 16.7. The lowest BCUT2D eigenvalue weighted by Gasteiger charge is -2.05. The maximum absolute atomic E-state index is 11.0. The number of nitrogens with one attached hydrogen (secondary N) is 1. The summed E-state index contributed by atoms with van der Waals surface area (Å²) >= 11 is 3.00. The lowest BCUT2D eigenvalue weighted by molar-refractivity contribution is -0.114. The van der Waals surface area contributed by atoms with E-state index in [2.05, 4.69) is 33.5 Å². The molecule has 6 nitrogen and oxygen atoms in total. The zero-order valence-corrected chi connectivity index (χ0v) is 15.2. The normalized spacial score (nSPS) is 10.8. The molecule has 0 spiro atoms. The van der Waals surface area contributed by atoms with Crippen LogP contribution < -0.4 is 5.32 Å². The van der Waals surface area contributed by atoms with E-state index in [1.54, 1.807) is 11.8 Å². The highest BCUT2D eigenvalue weighted by Crippen LogP contribution is 2.27. The number of hydrogen-bond acceptors (Lipinski definition) is 6. The Hall–Kier alpha value is -2.19. The van der Waals surface area contributed by atoms with Gasteiger partial charge in [-0.3, -0.25) is 4.79 Å². The number of thioether (sulfide) groups is 1. The number of aromatic nitrogens is 4. The van der Waals surface area contributed by atoms with E-state index in [4.69, 9.17) is 0 Å². The molecular formula is C16H17N5OS2. The van der Waals surface area contributed by atoms with Crippen molar-refractivity contribution in [3.63, 3.8) is 0 Å². The van der Waals surface area contributed by atoms with E-state index in [0.717, 1.165) is 22.2 Å². The van der Waals surface area contributed by atoms with Crippen LogP contribution in [0.5, 0.6) is 0 Å². The van der Waals surface area contributed by atoms with E-state index in [1.165, 1.54) is 23.8 Å². The van der Waals surface area contributed by atoms with Crippen LogP contribution in [0.3, 0.4) is 0 Å². The molecule has 0 saturated heterocycles. The zero-order valence-electron chi connectivity index (χ0n) is 13.6. The summed E-state index contributed by atoms with van der Waals surface area (Å²) in [7, 11) is 1.97. The second kappa shape index (κ2) is 7.14. The predicted octanol–water partition coefficient (Wildman–Crippen LogP) is 3.50. The summed E-state index contributed by atoms with van der Waals surface area (Å²) in [5.41, 5.74) is 3.17. The Morgan fingerprint density at radius 2 is 2.12 bits per heavy atom. The molecule has 0 aliphatic rings. The van der Waals surface area contributed by atoms with Gasteiger partial charge in [-0.15, -0.1) is 21.5 Å². The third-order valence-electron chi connectivity index (χ3n) is 3.40. The number of benzene rings is 1. The minimum Gasteiger partial charge on any atom is -0.305 e. The number of thiazole rings is 1. The van der Waals surface area contributed by atoms with E-state index in [1.807, 2.05) is 35.2 Å². The monoisotopic (exact) mass is 359 g/mol. The van der Waals surface area contributed by atoms with Crippen molar-refractivity contribution < 1.29 is 4.79 Å². The number of amides is 1. The molecule has 0 aliphatic heterocycles. The van der Waals surface area contributed by atoms with Gasteiger partial charge in [-0.1, -0.05) is 36.0 Å². The molecule has 0 atom stereocenters. The first-order chi connectivity index (χ1) is 11.5. The third-order valence-corrected chi connectivity index (χ3v) is 5.27. The zero-order chi connectivity index (χ0) is 17.1. The van der Waals surface area contributed by atoms with Crippen LogP contribution in [0, 0.1) is 6.92 Å². The van der Waals surface area contributed by atoms with Gasteiger partial charge in [-0.25, -0.2) is 4.98 Å². The molecule has 3 aromatic rings. The fraction of sp³-hybridized carbons (Fsp3) is 0.250. The largest absolute Gasteiger partial charge is 0.305 e. The highest BCUT2D eigenvalue weighted by atomic mass is 32.2. The molecule has 0 fully saturated rings. The second-order valence-corrected chi connectivity index (χ2v) is 7.09. The second-order valence-electron chi connectivity index (χ2n) is 5.29. The predicted molar refractivity (Wildman–Crippen MR) is 97.2 cm³/mol. The summed E-state index contributed by atoms with van der Waals surface area (Å²) in [6.07, 6.45) is 0. The molecule has 0 radical (unpaired) electrons. The molecule has 2 heterocycles. The third kappa shape index (κ3) is 3.65. The first-order valence-electron chi connectivity index (χ1n) is 7.35. The summed E-state index contributed by atoms with van der Waals surface area (Å²) in [5, 5.41) is 14.7. The van der Waals surface area contributed by atoms with Gasteiger partial charge >= 0.3 is 0 Å².